The average molecular weight is 265 g/mol. The van der Waals surface area contributed by atoms with Gasteiger partial charge in [0, 0.05) is 24.5 Å². The van der Waals surface area contributed by atoms with Gasteiger partial charge in [-0.1, -0.05) is 6.07 Å². The Bertz CT molecular complexity index is 578. The summed E-state index contributed by atoms with van der Waals surface area (Å²) in [4.78, 5) is 4.21. The van der Waals surface area contributed by atoms with Gasteiger partial charge in [0.15, 0.2) is 0 Å². The molecule has 1 aromatic carbocycles. The van der Waals surface area contributed by atoms with Crippen LogP contribution in [0.2, 0.25) is 0 Å². The van der Waals surface area contributed by atoms with Crippen molar-refractivity contribution in [2.75, 3.05) is 7.05 Å². The molecule has 0 fully saturated rings. The highest BCUT2D eigenvalue weighted by Gasteiger charge is 2.25. The third kappa shape index (κ3) is 2.38. The largest absolute Gasteiger partial charge is 0.334 e. The summed E-state index contributed by atoms with van der Waals surface area (Å²) in [5, 5.41) is 2.94. The van der Waals surface area contributed by atoms with E-state index in [0.29, 0.717) is 17.9 Å². The van der Waals surface area contributed by atoms with Crippen molar-refractivity contribution in [3.63, 3.8) is 0 Å². The fourth-order valence-electron chi connectivity index (χ4n) is 2.19. The minimum atomic E-state index is -0.602. The van der Waals surface area contributed by atoms with Crippen molar-refractivity contribution in [2.45, 2.75) is 26.4 Å². The normalized spacial score (nSPS) is 12.7. The maximum Gasteiger partial charge on any atom is 0.134 e. The first-order valence-electron chi connectivity index (χ1n) is 6.22. The lowest BCUT2D eigenvalue weighted by Gasteiger charge is -2.19. The van der Waals surface area contributed by atoms with E-state index in [-0.39, 0.29) is 5.56 Å². The fourth-order valence-corrected chi connectivity index (χ4v) is 2.19. The lowest BCUT2D eigenvalue weighted by atomic mass is 10.0. The molecule has 1 heterocycles. The van der Waals surface area contributed by atoms with Crippen LogP contribution in [0.25, 0.3) is 0 Å². The third-order valence-corrected chi connectivity index (χ3v) is 3.24. The Morgan fingerprint density at radius 3 is 2.74 bits per heavy atom. The molecule has 0 radical (unpaired) electrons. The predicted octanol–water partition coefficient (Wildman–Crippen LogP) is 2.80. The van der Waals surface area contributed by atoms with Gasteiger partial charge in [0.25, 0.3) is 0 Å². The highest BCUT2D eigenvalue weighted by molar-refractivity contribution is 5.32. The lowest BCUT2D eigenvalue weighted by Crippen LogP contribution is -2.24. The Kier molecular flexibility index (Phi) is 3.95. The van der Waals surface area contributed by atoms with Gasteiger partial charge < -0.3 is 9.88 Å². The van der Waals surface area contributed by atoms with Gasteiger partial charge in [-0.2, -0.15) is 0 Å². The van der Waals surface area contributed by atoms with Crippen LogP contribution in [0, 0.1) is 18.6 Å². The molecular weight excluding hydrogens is 248 g/mol. The maximum atomic E-state index is 14.2. The van der Waals surface area contributed by atoms with Gasteiger partial charge in [-0.15, -0.1) is 0 Å². The van der Waals surface area contributed by atoms with Crippen molar-refractivity contribution in [1.82, 2.24) is 14.9 Å². The van der Waals surface area contributed by atoms with Gasteiger partial charge in [0.2, 0.25) is 0 Å². The number of nitrogens with zero attached hydrogens (tertiary/aromatic N) is 2. The van der Waals surface area contributed by atoms with Gasteiger partial charge in [-0.05, 0) is 32.5 Å². The van der Waals surface area contributed by atoms with Gasteiger partial charge in [-0.3, -0.25) is 0 Å². The number of nitrogens with one attached hydrogen (secondary N) is 1. The van der Waals surface area contributed by atoms with E-state index in [1.54, 1.807) is 26.4 Å². The molecule has 0 bridgehead atoms. The van der Waals surface area contributed by atoms with Crippen LogP contribution in [0.3, 0.4) is 0 Å². The number of benzene rings is 1. The first kappa shape index (κ1) is 13.7. The lowest BCUT2D eigenvalue weighted by molar-refractivity contribution is 0.497. The first-order valence-corrected chi connectivity index (χ1v) is 6.22. The second-order valence-electron chi connectivity index (χ2n) is 4.39. The van der Waals surface area contributed by atoms with E-state index in [1.807, 2.05) is 11.5 Å². The van der Waals surface area contributed by atoms with Crippen molar-refractivity contribution in [3.8, 4) is 0 Å². The van der Waals surface area contributed by atoms with Crippen LogP contribution in [0.1, 0.15) is 29.9 Å². The molecule has 102 valence electrons. The molecule has 5 heteroatoms. The van der Waals surface area contributed by atoms with Gasteiger partial charge in [0.1, 0.15) is 17.5 Å². The molecule has 2 aromatic rings. The zero-order valence-corrected chi connectivity index (χ0v) is 11.2. The highest BCUT2D eigenvalue weighted by atomic mass is 19.1. The number of imidazole rings is 1. The molecule has 0 saturated heterocycles. The Morgan fingerprint density at radius 1 is 1.37 bits per heavy atom. The summed E-state index contributed by atoms with van der Waals surface area (Å²) in [5.41, 5.74) is 0.439. The van der Waals surface area contributed by atoms with Crippen LogP contribution in [0.15, 0.2) is 24.5 Å². The van der Waals surface area contributed by atoms with Crippen LogP contribution in [-0.2, 0) is 6.54 Å². The van der Waals surface area contributed by atoms with Gasteiger partial charge in [0.05, 0.1) is 6.04 Å². The van der Waals surface area contributed by atoms with Gasteiger partial charge in [-0.25, -0.2) is 13.8 Å². The molecule has 0 aliphatic carbocycles. The van der Waals surface area contributed by atoms with E-state index in [2.05, 4.69) is 10.3 Å². The molecule has 19 heavy (non-hydrogen) atoms. The van der Waals surface area contributed by atoms with Crippen molar-refractivity contribution < 1.29 is 8.78 Å². The quantitative estimate of drug-likeness (QED) is 0.921. The number of aromatic nitrogens is 2. The second kappa shape index (κ2) is 5.48. The summed E-state index contributed by atoms with van der Waals surface area (Å²) in [7, 11) is 1.67. The summed E-state index contributed by atoms with van der Waals surface area (Å²) >= 11 is 0. The number of aryl methyl sites for hydroxylation is 2. The summed E-state index contributed by atoms with van der Waals surface area (Å²) in [6.07, 6.45) is 3.43. The number of hydrogen-bond acceptors (Lipinski definition) is 2. The topological polar surface area (TPSA) is 29.9 Å². The summed E-state index contributed by atoms with van der Waals surface area (Å²) < 4.78 is 30.1. The summed E-state index contributed by atoms with van der Waals surface area (Å²) in [6.45, 7) is 4.28. The monoisotopic (exact) mass is 265 g/mol. The van der Waals surface area contributed by atoms with E-state index in [0.717, 1.165) is 0 Å². The molecule has 0 aliphatic heterocycles. The van der Waals surface area contributed by atoms with Crippen LogP contribution >= 0.6 is 0 Å². The number of rotatable bonds is 4. The first-order chi connectivity index (χ1) is 9.10. The van der Waals surface area contributed by atoms with Gasteiger partial charge >= 0.3 is 0 Å². The minimum absolute atomic E-state index is 0.0170. The van der Waals surface area contributed by atoms with Crippen LogP contribution in [0.4, 0.5) is 8.78 Å². The van der Waals surface area contributed by atoms with Crippen molar-refractivity contribution in [3.05, 3.63) is 53.1 Å². The van der Waals surface area contributed by atoms with Crippen LogP contribution < -0.4 is 5.32 Å². The zero-order valence-electron chi connectivity index (χ0n) is 11.2. The Labute approximate surface area is 111 Å². The third-order valence-electron chi connectivity index (χ3n) is 3.24. The Morgan fingerprint density at radius 2 is 2.11 bits per heavy atom. The molecule has 3 nitrogen and oxygen atoms in total. The Balaban J connectivity index is 2.58. The van der Waals surface area contributed by atoms with Crippen molar-refractivity contribution >= 4 is 0 Å². The molecule has 1 unspecified atom stereocenters. The molecule has 0 amide bonds. The highest BCUT2D eigenvalue weighted by Crippen LogP contribution is 2.27. The zero-order chi connectivity index (χ0) is 14.0. The predicted molar refractivity (Wildman–Crippen MR) is 69.9 cm³/mol. The van der Waals surface area contributed by atoms with E-state index in [9.17, 15) is 8.78 Å². The summed E-state index contributed by atoms with van der Waals surface area (Å²) in [5.74, 6) is -0.480. The molecule has 2 rings (SSSR count). The number of halogens is 2. The molecule has 1 atom stereocenters. The molecule has 0 saturated carbocycles. The average Bonchev–Trinajstić information content (AvgIpc) is 2.87. The van der Waals surface area contributed by atoms with Crippen LogP contribution in [0.5, 0.6) is 0 Å². The number of hydrogen-bond donors (Lipinski definition) is 1. The maximum absolute atomic E-state index is 14.2. The van der Waals surface area contributed by atoms with E-state index >= 15 is 0 Å². The Hall–Kier alpha value is -1.75. The van der Waals surface area contributed by atoms with E-state index in [1.165, 1.54) is 12.1 Å². The summed E-state index contributed by atoms with van der Waals surface area (Å²) in [6, 6.07) is 2.12. The SMILES string of the molecule is CCn1ccnc1C(NC)c1c(F)ccc(C)c1F. The standard InChI is InChI=1S/C14H17F2N3/c1-4-19-8-7-18-14(19)13(17-3)11-10(15)6-5-9(2)12(11)16/h5-8,13,17H,4H2,1-3H3. The fraction of sp³-hybridized carbons (Fsp3) is 0.357. The minimum Gasteiger partial charge on any atom is -0.334 e. The molecular formula is C14H17F2N3. The second-order valence-corrected chi connectivity index (χ2v) is 4.39. The smallest absolute Gasteiger partial charge is 0.134 e. The van der Waals surface area contributed by atoms with Crippen molar-refractivity contribution in [1.29, 1.82) is 0 Å². The van der Waals surface area contributed by atoms with E-state index < -0.39 is 17.7 Å². The van der Waals surface area contributed by atoms with Crippen molar-refractivity contribution in [2.24, 2.45) is 0 Å². The molecule has 0 aliphatic rings. The molecule has 1 aromatic heterocycles. The molecule has 1 N–H and O–H groups in total. The van der Waals surface area contributed by atoms with E-state index in [4.69, 9.17) is 0 Å². The molecule has 0 spiro atoms. The van der Waals surface area contributed by atoms with Crippen LogP contribution in [-0.4, -0.2) is 16.6 Å².